The molecule has 35 heavy (non-hydrogen) atoms. The number of cyclic esters (lactones) is 1. The number of aryl methyl sites for hydroxylation is 1. The van der Waals surface area contributed by atoms with Gasteiger partial charge in [-0.25, -0.2) is 9.79 Å². The number of aromatic nitrogens is 1. The van der Waals surface area contributed by atoms with Crippen molar-refractivity contribution in [3.8, 4) is 0 Å². The van der Waals surface area contributed by atoms with Crippen LogP contribution in [-0.4, -0.2) is 16.9 Å². The van der Waals surface area contributed by atoms with Crippen LogP contribution in [0, 0.1) is 6.92 Å². The molecule has 2 heterocycles. The molecule has 1 N–H and O–H groups in total. The van der Waals surface area contributed by atoms with Gasteiger partial charge in [0.05, 0.1) is 5.92 Å². The van der Waals surface area contributed by atoms with Crippen molar-refractivity contribution in [3.63, 3.8) is 0 Å². The second-order valence-corrected chi connectivity index (χ2v) is 8.86. The third kappa shape index (κ3) is 3.38. The number of aromatic amines is 1. The number of fused-ring (bicyclic) bond motifs is 1. The molecule has 0 amide bonds. The van der Waals surface area contributed by atoms with Crippen LogP contribution in [0.5, 0.6) is 0 Å². The van der Waals surface area contributed by atoms with Crippen molar-refractivity contribution in [1.82, 2.24) is 4.98 Å². The monoisotopic (exact) mass is 456 g/mol. The van der Waals surface area contributed by atoms with E-state index in [-0.39, 0.29) is 5.97 Å². The van der Waals surface area contributed by atoms with Crippen molar-refractivity contribution in [2.24, 2.45) is 4.99 Å². The standard InChI is InChI=1S/C31H24N2O2/c1-21-25-19-11-12-20-26(25)32-28(21)27(22-13-5-2-6-14-22)31(24-17-9-4-10-18-24)30(34)35-29(33-31)23-15-7-3-8-16-23/h2-20,27,32H,1H3/t27-,31+/m1/s1. The zero-order chi connectivity index (χ0) is 23.8. The summed E-state index contributed by atoms with van der Waals surface area (Å²) in [5.41, 5.74) is 4.35. The SMILES string of the molecule is Cc1c([C@@H](c2ccccc2)[C@]2(c3ccccc3)N=C(c3ccccc3)OC2=O)[nH]c2ccccc12. The number of esters is 1. The summed E-state index contributed by atoms with van der Waals surface area (Å²) in [5, 5.41) is 1.13. The highest BCUT2D eigenvalue weighted by Crippen LogP contribution is 2.49. The molecule has 0 saturated carbocycles. The van der Waals surface area contributed by atoms with Crippen LogP contribution in [0.3, 0.4) is 0 Å². The first-order valence-corrected chi connectivity index (χ1v) is 11.7. The van der Waals surface area contributed by atoms with E-state index in [0.717, 1.165) is 38.9 Å². The van der Waals surface area contributed by atoms with Gasteiger partial charge in [-0.1, -0.05) is 97.1 Å². The van der Waals surface area contributed by atoms with Gasteiger partial charge < -0.3 is 9.72 Å². The normalized spacial score (nSPS) is 18.3. The van der Waals surface area contributed by atoms with Crippen molar-refractivity contribution in [1.29, 1.82) is 0 Å². The number of H-pyrrole nitrogens is 1. The Labute approximate surface area is 203 Å². The van der Waals surface area contributed by atoms with Crippen LogP contribution in [0.4, 0.5) is 0 Å². The predicted octanol–water partition coefficient (Wildman–Crippen LogP) is 6.51. The maximum atomic E-state index is 14.0. The second kappa shape index (κ2) is 8.41. The fourth-order valence-corrected chi connectivity index (χ4v) is 5.18. The van der Waals surface area contributed by atoms with E-state index in [4.69, 9.17) is 9.73 Å². The van der Waals surface area contributed by atoms with Crippen molar-refractivity contribution in [3.05, 3.63) is 143 Å². The topological polar surface area (TPSA) is 54.4 Å². The minimum atomic E-state index is -1.29. The lowest BCUT2D eigenvalue weighted by molar-refractivity contribution is -0.140. The lowest BCUT2D eigenvalue weighted by Crippen LogP contribution is -2.39. The molecule has 0 fully saturated rings. The van der Waals surface area contributed by atoms with Gasteiger partial charge in [-0.05, 0) is 41.8 Å². The Balaban J connectivity index is 1.68. The molecule has 6 rings (SSSR count). The van der Waals surface area contributed by atoms with Crippen LogP contribution >= 0.6 is 0 Å². The summed E-state index contributed by atoms with van der Waals surface area (Å²) in [6.45, 7) is 2.10. The minimum absolute atomic E-state index is 0.342. The highest BCUT2D eigenvalue weighted by Gasteiger charge is 2.55. The number of hydrogen-bond donors (Lipinski definition) is 1. The Morgan fingerprint density at radius 3 is 2.06 bits per heavy atom. The number of para-hydroxylation sites is 1. The molecule has 0 aliphatic carbocycles. The number of carbonyl (C=O) groups is 1. The third-order valence-electron chi connectivity index (χ3n) is 6.86. The number of ether oxygens (including phenoxy) is 1. The van der Waals surface area contributed by atoms with E-state index in [0.29, 0.717) is 5.90 Å². The van der Waals surface area contributed by atoms with Gasteiger partial charge in [0.15, 0.2) is 5.54 Å². The van der Waals surface area contributed by atoms with E-state index >= 15 is 0 Å². The number of aliphatic imine (C=N–C) groups is 1. The average molecular weight is 457 g/mol. The first kappa shape index (κ1) is 21.1. The fraction of sp³-hybridized carbons (Fsp3) is 0.0968. The summed E-state index contributed by atoms with van der Waals surface area (Å²) < 4.78 is 5.95. The Hall–Kier alpha value is -4.44. The smallest absolute Gasteiger partial charge is 0.346 e. The number of nitrogens with one attached hydrogen (secondary N) is 1. The molecule has 4 nitrogen and oxygen atoms in total. The van der Waals surface area contributed by atoms with Gasteiger partial charge in [-0.15, -0.1) is 0 Å². The molecule has 0 radical (unpaired) electrons. The van der Waals surface area contributed by atoms with E-state index in [1.54, 1.807) is 0 Å². The summed E-state index contributed by atoms with van der Waals surface area (Å²) >= 11 is 0. The summed E-state index contributed by atoms with van der Waals surface area (Å²) in [6.07, 6.45) is 0. The van der Waals surface area contributed by atoms with Gasteiger partial charge in [0.1, 0.15) is 0 Å². The van der Waals surface area contributed by atoms with E-state index in [1.165, 1.54) is 0 Å². The lowest BCUT2D eigenvalue weighted by Gasteiger charge is -2.32. The molecule has 1 aliphatic rings. The molecule has 0 unspecified atom stereocenters. The first-order chi connectivity index (χ1) is 17.2. The predicted molar refractivity (Wildman–Crippen MR) is 139 cm³/mol. The molecule has 1 aliphatic heterocycles. The molecular formula is C31H24N2O2. The number of benzene rings is 4. The third-order valence-corrected chi connectivity index (χ3v) is 6.86. The summed E-state index contributed by atoms with van der Waals surface area (Å²) in [6, 6.07) is 37.7. The Morgan fingerprint density at radius 2 is 1.37 bits per heavy atom. The average Bonchev–Trinajstić information content (AvgIpc) is 3.44. The zero-order valence-electron chi connectivity index (χ0n) is 19.3. The largest absolute Gasteiger partial charge is 0.405 e. The van der Waals surface area contributed by atoms with Crippen molar-refractivity contribution in [2.75, 3.05) is 0 Å². The van der Waals surface area contributed by atoms with Crippen molar-refractivity contribution in [2.45, 2.75) is 18.4 Å². The van der Waals surface area contributed by atoms with E-state index in [9.17, 15) is 4.79 Å². The van der Waals surface area contributed by atoms with Crippen LogP contribution in [0.2, 0.25) is 0 Å². The van der Waals surface area contributed by atoms with E-state index in [2.05, 4.69) is 36.2 Å². The van der Waals surface area contributed by atoms with Gasteiger partial charge in [-0.3, -0.25) is 0 Å². The van der Waals surface area contributed by atoms with Crippen molar-refractivity contribution >= 4 is 22.8 Å². The Kier molecular flexibility index (Phi) is 5.07. The maximum Gasteiger partial charge on any atom is 0.346 e. The first-order valence-electron chi connectivity index (χ1n) is 11.7. The summed E-state index contributed by atoms with van der Waals surface area (Å²) in [7, 11) is 0. The molecule has 0 saturated heterocycles. The van der Waals surface area contributed by atoms with E-state index in [1.807, 2.05) is 91.0 Å². The summed E-state index contributed by atoms with van der Waals surface area (Å²) in [5.74, 6) is -0.462. The molecule has 4 aromatic carbocycles. The molecule has 0 spiro atoms. The molecule has 0 bridgehead atoms. The second-order valence-electron chi connectivity index (χ2n) is 8.86. The number of rotatable bonds is 5. The number of hydrogen-bond acceptors (Lipinski definition) is 3. The highest BCUT2D eigenvalue weighted by atomic mass is 16.6. The van der Waals surface area contributed by atoms with Gasteiger partial charge in [0.2, 0.25) is 5.90 Å². The van der Waals surface area contributed by atoms with Crippen molar-refractivity contribution < 1.29 is 9.53 Å². The molecule has 170 valence electrons. The van der Waals surface area contributed by atoms with Gasteiger partial charge in [-0.2, -0.15) is 0 Å². The number of nitrogens with zero attached hydrogens (tertiary/aromatic N) is 1. The van der Waals surface area contributed by atoms with Gasteiger partial charge in [0, 0.05) is 22.2 Å². The van der Waals surface area contributed by atoms with Crippen LogP contribution in [0.25, 0.3) is 10.9 Å². The summed E-state index contributed by atoms with van der Waals surface area (Å²) in [4.78, 5) is 22.8. The van der Waals surface area contributed by atoms with Gasteiger partial charge >= 0.3 is 5.97 Å². The van der Waals surface area contributed by atoms with Crippen LogP contribution in [-0.2, 0) is 15.1 Å². The van der Waals surface area contributed by atoms with Crippen LogP contribution in [0.1, 0.15) is 33.9 Å². The molecule has 4 heteroatoms. The fourth-order valence-electron chi connectivity index (χ4n) is 5.18. The Morgan fingerprint density at radius 1 is 0.771 bits per heavy atom. The van der Waals surface area contributed by atoms with Crippen LogP contribution < -0.4 is 0 Å². The molecule has 5 aromatic rings. The minimum Gasteiger partial charge on any atom is -0.405 e. The maximum absolute atomic E-state index is 14.0. The molecular weight excluding hydrogens is 432 g/mol. The molecule has 2 atom stereocenters. The van der Waals surface area contributed by atoms with Gasteiger partial charge in [0.25, 0.3) is 0 Å². The van der Waals surface area contributed by atoms with E-state index < -0.39 is 11.5 Å². The lowest BCUT2D eigenvalue weighted by atomic mass is 9.72. The number of carbonyl (C=O) groups excluding carboxylic acids is 1. The highest BCUT2D eigenvalue weighted by molar-refractivity contribution is 6.09. The Bertz CT molecular complexity index is 1540. The quantitative estimate of drug-likeness (QED) is 0.307. The van der Waals surface area contributed by atoms with Crippen LogP contribution in [0.15, 0.2) is 120 Å². The molecule has 1 aromatic heterocycles. The zero-order valence-corrected chi connectivity index (χ0v) is 19.3.